The molecular formula is C32H50O8S. The lowest BCUT2D eigenvalue weighted by molar-refractivity contribution is -0.200. The summed E-state index contributed by atoms with van der Waals surface area (Å²) >= 11 is 0. The lowest BCUT2D eigenvalue weighted by Crippen LogP contribution is -2.64. The number of hydrogen-bond donors (Lipinski definition) is 2. The Morgan fingerprint density at radius 2 is 1.59 bits per heavy atom. The molecule has 0 amide bonds. The highest BCUT2D eigenvalue weighted by atomic mass is 32.3. The smallest absolute Gasteiger partial charge is 0.397 e. The number of aliphatic carboxylic acids is 1. The molecule has 5 aliphatic carbocycles. The molecule has 0 aromatic carbocycles. The van der Waals surface area contributed by atoms with E-state index < -0.39 is 45.9 Å². The fraction of sp³-hybridized carbons (Fsp3) is 0.875. The quantitative estimate of drug-likeness (QED) is 0.207. The molecule has 232 valence electrons. The van der Waals surface area contributed by atoms with E-state index in [4.69, 9.17) is 14.0 Å². The molecule has 9 atom stereocenters. The second kappa shape index (κ2) is 9.52. The molecule has 5 aliphatic rings. The van der Waals surface area contributed by atoms with E-state index in [0.29, 0.717) is 25.2 Å². The number of fused-ring (bicyclic) bond motifs is 7. The predicted molar refractivity (Wildman–Crippen MR) is 154 cm³/mol. The highest BCUT2D eigenvalue weighted by Gasteiger charge is 2.68. The molecule has 8 nitrogen and oxygen atoms in total. The number of carbonyl (C=O) groups excluding carboxylic acids is 1. The molecule has 0 aromatic heterocycles. The molecule has 41 heavy (non-hydrogen) atoms. The van der Waals surface area contributed by atoms with E-state index in [1.165, 1.54) is 5.57 Å². The molecule has 0 saturated heterocycles. The molecule has 0 heterocycles. The Morgan fingerprint density at radius 3 is 2.22 bits per heavy atom. The zero-order valence-electron chi connectivity index (χ0n) is 25.9. The standard InChI is InChI=1S/C32H50O8S/c1-27(2)22-10-13-32(7)23(30(22,5)12-11-24(27)40-41(36,37)38)9-8-20-21-18-29(4,26(35)39-19-25(33)34)15-14-28(21,3)16-17-31(20,32)6/h8,21-24H,9-19H2,1-7H3,(H,33,34)(H,36,37,38)/t21-,22-,23+,24?,28+,29-,30-,31+,32+/m0/s1. The third-order valence-electron chi connectivity index (χ3n) is 13.8. The number of esters is 1. The zero-order valence-corrected chi connectivity index (χ0v) is 26.7. The van der Waals surface area contributed by atoms with Gasteiger partial charge in [-0.3, -0.25) is 9.35 Å². The van der Waals surface area contributed by atoms with Crippen LogP contribution >= 0.6 is 0 Å². The van der Waals surface area contributed by atoms with E-state index in [1.54, 1.807) is 0 Å². The van der Waals surface area contributed by atoms with E-state index in [9.17, 15) is 22.6 Å². The average molecular weight is 595 g/mol. The second-order valence-electron chi connectivity index (χ2n) is 16.1. The van der Waals surface area contributed by atoms with Crippen LogP contribution in [0, 0.1) is 50.2 Å². The fourth-order valence-corrected chi connectivity index (χ4v) is 11.8. The van der Waals surface area contributed by atoms with E-state index >= 15 is 0 Å². The van der Waals surface area contributed by atoms with Gasteiger partial charge in [-0.25, -0.2) is 8.98 Å². The Balaban J connectivity index is 1.48. The predicted octanol–water partition coefficient (Wildman–Crippen LogP) is 6.60. The topological polar surface area (TPSA) is 127 Å². The number of carboxylic acids is 1. The van der Waals surface area contributed by atoms with Crippen molar-refractivity contribution in [1.29, 1.82) is 0 Å². The zero-order chi connectivity index (χ0) is 30.4. The van der Waals surface area contributed by atoms with Crippen LogP contribution in [0.5, 0.6) is 0 Å². The van der Waals surface area contributed by atoms with Crippen molar-refractivity contribution in [1.82, 2.24) is 0 Å². The Morgan fingerprint density at radius 1 is 0.927 bits per heavy atom. The van der Waals surface area contributed by atoms with Crippen LogP contribution in [0.1, 0.15) is 113 Å². The van der Waals surface area contributed by atoms with Crippen LogP contribution in [0.2, 0.25) is 0 Å². The number of carbonyl (C=O) groups is 2. The third-order valence-corrected chi connectivity index (χ3v) is 14.3. The van der Waals surface area contributed by atoms with Crippen molar-refractivity contribution in [3.63, 3.8) is 0 Å². The maximum atomic E-state index is 13.1. The first kappa shape index (κ1) is 31.0. The molecule has 2 N–H and O–H groups in total. The average Bonchev–Trinajstić information content (AvgIpc) is 2.85. The molecule has 0 bridgehead atoms. The minimum atomic E-state index is -4.53. The number of hydrogen-bond acceptors (Lipinski definition) is 6. The normalized spacial score (nSPS) is 47.1. The van der Waals surface area contributed by atoms with E-state index in [2.05, 4.69) is 47.6 Å². The molecule has 0 radical (unpaired) electrons. The van der Waals surface area contributed by atoms with Gasteiger partial charge in [-0.2, -0.15) is 8.42 Å². The van der Waals surface area contributed by atoms with Crippen LogP contribution in [0.25, 0.3) is 0 Å². The van der Waals surface area contributed by atoms with E-state index in [0.717, 1.165) is 44.9 Å². The maximum Gasteiger partial charge on any atom is 0.397 e. The Kier molecular flexibility index (Phi) is 7.20. The van der Waals surface area contributed by atoms with Crippen molar-refractivity contribution in [2.75, 3.05) is 6.61 Å². The van der Waals surface area contributed by atoms with Gasteiger partial charge in [0, 0.05) is 0 Å². The van der Waals surface area contributed by atoms with Crippen LogP contribution in [-0.4, -0.2) is 42.7 Å². The van der Waals surface area contributed by atoms with Crippen LogP contribution in [0.15, 0.2) is 11.6 Å². The Hall–Kier alpha value is -1.45. The summed E-state index contributed by atoms with van der Waals surface area (Å²) in [6, 6.07) is 0. The highest BCUT2D eigenvalue weighted by molar-refractivity contribution is 7.80. The molecule has 4 fully saturated rings. The molecule has 9 heteroatoms. The summed E-state index contributed by atoms with van der Waals surface area (Å²) in [4.78, 5) is 24.2. The van der Waals surface area contributed by atoms with Crippen LogP contribution in [0.3, 0.4) is 0 Å². The van der Waals surface area contributed by atoms with Crippen molar-refractivity contribution in [2.24, 2.45) is 50.2 Å². The lowest BCUT2D eigenvalue weighted by Gasteiger charge is -2.71. The van der Waals surface area contributed by atoms with Crippen molar-refractivity contribution in [2.45, 2.75) is 119 Å². The number of ether oxygens (including phenoxy) is 1. The van der Waals surface area contributed by atoms with Crippen molar-refractivity contribution >= 4 is 22.3 Å². The number of rotatable bonds is 5. The SMILES string of the molecule is CC1(C)C(OS(=O)(=O)O)CC[C@]2(C)[C@H]3CC=C4[C@@H]5C[C@@](C)(C(=O)OCC(=O)O)CC[C@]5(C)CC[C@@]4(C)[C@]3(C)CC[C@@H]12. The highest BCUT2D eigenvalue weighted by Crippen LogP contribution is 2.75. The number of carboxylic acid groups (broad SMARTS) is 1. The Bertz CT molecular complexity index is 1260. The maximum absolute atomic E-state index is 13.1. The van der Waals surface area contributed by atoms with Crippen LogP contribution in [0.4, 0.5) is 0 Å². The van der Waals surface area contributed by atoms with Gasteiger partial charge in [0.1, 0.15) is 0 Å². The molecular weight excluding hydrogens is 544 g/mol. The first-order valence-electron chi connectivity index (χ1n) is 15.5. The summed E-state index contributed by atoms with van der Waals surface area (Å²) in [5, 5.41) is 9.07. The largest absolute Gasteiger partial charge is 0.479 e. The first-order valence-corrected chi connectivity index (χ1v) is 16.8. The summed E-state index contributed by atoms with van der Waals surface area (Å²) in [5.74, 6) is -0.589. The van der Waals surface area contributed by atoms with Crippen molar-refractivity contribution in [3.8, 4) is 0 Å². The van der Waals surface area contributed by atoms with Crippen LogP contribution < -0.4 is 0 Å². The monoisotopic (exact) mass is 594 g/mol. The minimum absolute atomic E-state index is 0.00306. The summed E-state index contributed by atoms with van der Waals surface area (Å²) < 4.78 is 43.3. The fourth-order valence-electron chi connectivity index (χ4n) is 11.1. The summed E-state index contributed by atoms with van der Waals surface area (Å²) in [5.41, 5.74) is 0.527. The Labute approximate surface area is 246 Å². The molecule has 4 saturated carbocycles. The van der Waals surface area contributed by atoms with Gasteiger partial charge in [-0.05, 0) is 116 Å². The second-order valence-corrected chi connectivity index (χ2v) is 17.2. The van der Waals surface area contributed by atoms with Gasteiger partial charge < -0.3 is 9.84 Å². The van der Waals surface area contributed by atoms with Gasteiger partial charge >= 0.3 is 22.3 Å². The van der Waals surface area contributed by atoms with Gasteiger partial charge in [0.2, 0.25) is 0 Å². The number of allylic oxidation sites excluding steroid dienone is 2. The van der Waals surface area contributed by atoms with Gasteiger partial charge in [0.15, 0.2) is 6.61 Å². The van der Waals surface area contributed by atoms with Crippen LogP contribution in [-0.2, 0) is 28.9 Å². The van der Waals surface area contributed by atoms with E-state index in [-0.39, 0.29) is 33.5 Å². The molecule has 1 unspecified atom stereocenters. The van der Waals surface area contributed by atoms with Crippen molar-refractivity contribution < 1.29 is 36.6 Å². The summed E-state index contributed by atoms with van der Waals surface area (Å²) in [6.07, 6.45) is 10.9. The van der Waals surface area contributed by atoms with Gasteiger partial charge in [-0.1, -0.05) is 53.2 Å². The molecule has 0 aromatic rings. The summed E-state index contributed by atoms with van der Waals surface area (Å²) in [7, 11) is -4.53. The van der Waals surface area contributed by atoms with Gasteiger partial charge in [0.25, 0.3) is 0 Å². The van der Waals surface area contributed by atoms with Crippen molar-refractivity contribution in [3.05, 3.63) is 11.6 Å². The van der Waals surface area contributed by atoms with Gasteiger partial charge in [-0.15, -0.1) is 0 Å². The molecule has 5 rings (SSSR count). The minimum Gasteiger partial charge on any atom is -0.479 e. The molecule has 0 spiro atoms. The summed E-state index contributed by atoms with van der Waals surface area (Å²) in [6.45, 7) is 15.3. The van der Waals surface area contributed by atoms with Gasteiger partial charge in [0.05, 0.1) is 11.5 Å². The third kappa shape index (κ3) is 4.62. The van der Waals surface area contributed by atoms with E-state index in [1.807, 2.05) is 6.92 Å². The first-order chi connectivity index (χ1) is 18.7. The molecule has 0 aliphatic heterocycles. The lowest BCUT2D eigenvalue weighted by atomic mass is 9.33.